The van der Waals surface area contributed by atoms with E-state index in [9.17, 15) is 0 Å². The summed E-state index contributed by atoms with van der Waals surface area (Å²) in [6.45, 7) is 4.85. The highest BCUT2D eigenvalue weighted by molar-refractivity contribution is 6.30. The first-order valence-electron chi connectivity index (χ1n) is 5.25. The number of pyridine rings is 1. The molecule has 0 amide bonds. The van der Waals surface area contributed by atoms with Crippen LogP contribution in [0.15, 0.2) is 18.3 Å². The molecule has 0 fully saturated rings. The summed E-state index contributed by atoms with van der Waals surface area (Å²) in [5.41, 5.74) is 5.74. The number of halogens is 1. The Morgan fingerprint density at radius 3 is 2.47 bits per heavy atom. The Hall–Kier alpha value is -0.800. The standard InChI is InChI=1S/C11H18ClN3/c1-3-11(4-2,8-13)15-10-6-5-9(12)7-14-10/h5-7H,3-4,8,13H2,1-2H3,(H,14,15). The van der Waals surface area contributed by atoms with Crippen molar-refractivity contribution in [1.29, 1.82) is 0 Å². The number of hydrogen-bond acceptors (Lipinski definition) is 3. The first-order chi connectivity index (χ1) is 7.15. The molecule has 0 atom stereocenters. The number of anilines is 1. The van der Waals surface area contributed by atoms with E-state index in [2.05, 4.69) is 24.1 Å². The van der Waals surface area contributed by atoms with E-state index in [1.807, 2.05) is 12.1 Å². The van der Waals surface area contributed by atoms with Crippen LogP contribution in [-0.2, 0) is 0 Å². The third-order valence-corrected chi connectivity index (χ3v) is 3.09. The molecule has 0 saturated carbocycles. The zero-order chi connectivity index (χ0) is 11.3. The van der Waals surface area contributed by atoms with Crippen LogP contribution in [0.2, 0.25) is 5.02 Å². The van der Waals surface area contributed by atoms with Gasteiger partial charge in [-0.15, -0.1) is 0 Å². The zero-order valence-electron chi connectivity index (χ0n) is 9.26. The van der Waals surface area contributed by atoms with Crippen molar-refractivity contribution in [3.05, 3.63) is 23.4 Å². The van der Waals surface area contributed by atoms with Crippen LogP contribution in [0, 0.1) is 0 Å². The van der Waals surface area contributed by atoms with E-state index < -0.39 is 0 Å². The van der Waals surface area contributed by atoms with Gasteiger partial charge in [-0.1, -0.05) is 25.4 Å². The van der Waals surface area contributed by atoms with Crippen LogP contribution in [0.5, 0.6) is 0 Å². The Morgan fingerprint density at radius 2 is 2.07 bits per heavy atom. The molecule has 0 aliphatic heterocycles. The van der Waals surface area contributed by atoms with Crippen molar-refractivity contribution in [1.82, 2.24) is 4.98 Å². The van der Waals surface area contributed by atoms with Crippen LogP contribution >= 0.6 is 11.6 Å². The smallest absolute Gasteiger partial charge is 0.126 e. The number of nitrogens with zero attached hydrogens (tertiary/aromatic N) is 1. The van der Waals surface area contributed by atoms with Crippen molar-refractivity contribution in [3.8, 4) is 0 Å². The molecule has 1 rings (SSSR count). The van der Waals surface area contributed by atoms with E-state index in [0.29, 0.717) is 11.6 Å². The predicted octanol–water partition coefficient (Wildman–Crippen LogP) is 2.66. The van der Waals surface area contributed by atoms with Gasteiger partial charge in [0.2, 0.25) is 0 Å². The lowest BCUT2D eigenvalue weighted by Crippen LogP contribution is -2.44. The van der Waals surface area contributed by atoms with Crippen molar-refractivity contribution in [2.45, 2.75) is 32.2 Å². The highest BCUT2D eigenvalue weighted by Gasteiger charge is 2.23. The highest BCUT2D eigenvalue weighted by atomic mass is 35.5. The van der Waals surface area contributed by atoms with Gasteiger partial charge in [0.05, 0.1) is 10.6 Å². The fraction of sp³-hybridized carbons (Fsp3) is 0.545. The summed E-state index contributed by atoms with van der Waals surface area (Å²) < 4.78 is 0. The second-order valence-electron chi connectivity index (χ2n) is 3.68. The second-order valence-corrected chi connectivity index (χ2v) is 4.11. The number of nitrogens with one attached hydrogen (secondary N) is 1. The number of aromatic nitrogens is 1. The van der Waals surface area contributed by atoms with Gasteiger partial charge in [-0.2, -0.15) is 0 Å². The molecule has 0 saturated heterocycles. The quantitative estimate of drug-likeness (QED) is 0.813. The molecule has 1 aromatic rings. The molecule has 0 aromatic carbocycles. The van der Waals surface area contributed by atoms with Gasteiger partial charge in [-0.25, -0.2) is 4.98 Å². The molecular weight excluding hydrogens is 210 g/mol. The molecule has 0 bridgehead atoms. The molecule has 0 aliphatic rings. The lowest BCUT2D eigenvalue weighted by Gasteiger charge is -2.32. The summed E-state index contributed by atoms with van der Waals surface area (Å²) >= 11 is 5.77. The molecule has 84 valence electrons. The van der Waals surface area contributed by atoms with Gasteiger partial charge in [0, 0.05) is 12.7 Å². The second kappa shape index (κ2) is 5.33. The van der Waals surface area contributed by atoms with Gasteiger partial charge >= 0.3 is 0 Å². The Labute approximate surface area is 96.0 Å². The predicted molar refractivity (Wildman–Crippen MR) is 65.2 cm³/mol. The van der Waals surface area contributed by atoms with Crippen molar-refractivity contribution in [2.75, 3.05) is 11.9 Å². The molecule has 1 aromatic heterocycles. The topological polar surface area (TPSA) is 50.9 Å². The van der Waals surface area contributed by atoms with E-state index in [4.69, 9.17) is 17.3 Å². The van der Waals surface area contributed by atoms with E-state index in [0.717, 1.165) is 18.7 Å². The van der Waals surface area contributed by atoms with Crippen molar-refractivity contribution >= 4 is 17.4 Å². The van der Waals surface area contributed by atoms with Crippen LogP contribution in [0.1, 0.15) is 26.7 Å². The molecule has 4 heteroatoms. The first-order valence-corrected chi connectivity index (χ1v) is 5.63. The molecule has 0 aliphatic carbocycles. The van der Waals surface area contributed by atoms with Crippen molar-refractivity contribution < 1.29 is 0 Å². The molecule has 3 N–H and O–H groups in total. The monoisotopic (exact) mass is 227 g/mol. The largest absolute Gasteiger partial charge is 0.363 e. The van der Waals surface area contributed by atoms with Gasteiger partial charge in [-0.05, 0) is 25.0 Å². The van der Waals surface area contributed by atoms with Crippen LogP contribution in [0.3, 0.4) is 0 Å². The van der Waals surface area contributed by atoms with Crippen LogP contribution < -0.4 is 11.1 Å². The van der Waals surface area contributed by atoms with Gasteiger partial charge in [-0.3, -0.25) is 0 Å². The zero-order valence-corrected chi connectivity index (χ0v) is 10.0. The van der Waals surface area contributed by atoms with Gasteiger partial charge in [0.1, 0.15) is 5.82 Å². The molecule has 3 nitrogen and oxygen atoms in total. The molecule has 15 heavy (non-hydrogen) atoms. The maximum Gasteiger partial charge on any atom is 0.126 e. The molecule has 0 radical (unpaired) electrons. The number of nitrogens with two attached hydrogens (primary N) is 1. The molecule has 1 heterocycles. The number of rotatable bonds is 5. The molecule has 0 spiro atoms. The number of hydrogen-bond donors (Lipinski definition) is 2. The van der Waals surface area contributed by atoms with E-state index >= 15 is 0 Å². The van der Waals surface area contributed by atoms with Gasteiger partial charge in [0.25, 0.3) is 0 Å². The fourth-order valence-corrected chi connectivity index (χ4v) is 1.60. The molecular formula is C11H18ClN3. The fourth-order valence-electron chi connectivity index (χ4n) is 1.49. The summed E-state index contributed by atoms with van der Waals surface area (Å²) in [7, 11) is 0. The van der Waals surface area contributed by atoms with E-state index in [-0.39, 0.29) is 5.54 Å². The van der Waals surface area contributed by atoms with Crippen LogP contribution in [-0.4, -0.2) is 17.1 Å². The third-order valence-electron chi connectivity index (χ3n) is 2.86. The van der Waals surface area contributed by atoms with E-state index in [1.54, 1.807) is 6.20 Å². The summed E-state index contributed by atoms with van der Waals surface area (Å²) in [4.78, 5) is 4.21. The van der Waals surface area contributed by atoms with Crippen LogP contribution in [0.25, 0.3) is 0 Å². The SMILES string of the molecule is CCC(CC)(CN)Nc1ccc(Cl)cn1. The Balaban J connectivity index is 2.78. The molecule has 0 unspecified atom stereocenters. The average Bonchev–Trinajstić information content (AvgIpc) is 2.29. The van der Waals surface area contributed by atoms with Crippen molar-refractivity contribution in [3.63, 3.8) is 0 Å². The maximum atomic E-state index is 5.79. The summed E-state index contributed by atoms with van der Waals surface area (Å²) in [6, 6.07) is 3.70. The highest BCUT2D eigenvalue weighted by Crippen LogP contribution is 2.20. The summed E-state index contributed by atoms with van der Waals surface area (Å²) in [5.74, 6) is 0.827. The minimum Gasteiger partial charge on any atom is -0.363 e. The van der Waals surface area contributed by atoms with E-state index in [1.165, 1.54) is 0 Å². The first kappa shape index (κ1) is 12.3. The summed E-state index contributed by atoms with van der Waals surface area (Å²) in [6.07, 6.45) is 3.59. The van der Waals surface area contributed by atoms with Crippen LogP contribution in [0.4, 0.5) is 5.82 Å². The summed E-state index contributed by atoms with van der Waals surface area (Å²) in [5, 5.41) is 4.02. The lowest BCUT2D eigenvalue weighted by atomic mass is 9.93. The Kier molecular flexibility index (Phi) is 4.36. The minimum absolute atomic E-state index is 0.0547. The van der Waals surface area contributed by atoms with Gasteiger partial charge in [0.15, 0.2) is 0 Å². The maximum absolute atomic E-state index is 5.79. The normalized spacial score (nSPS) is 11.5. The Morgan fingerprint density at radius 1 is 1.40 bits per heavy atom. The lowest BCUT2D eigenvalue weighted by molar-refractivity contribution is 0.444. The van der Waals surface area contributed by atoms with Gasteiger partial charge < -0.3 is 11.1 Å². The minimum atomic E-state index is -0.0547. The third kappa shape index (κ3) is 3.08. The Bertz CT molecular complexity index is 285. The van der Waals surface area contributed by atoms with Crippen molar-refractivity contribution in [2.24, 2.45) is 5.73 Å². The average molecular weight is 228 g/mol.